The Labute approximate surface area is 195 Å². The fourth-order valence-corrected chi connectivity index (χ4v) is 8.77. The van der Waals surface area contributed by atoms with E-state index in [4.69, 9.17) is 11.6 Å². The molecule has 8 atom stereocenters. The van der Waals surface area contributed by atoms with Crippen LogP contribution in [0.2, 0.25) is 0 Å². The van der Waals surface area contributed by atoms with E-state index < -0.39 is 11.2 Å². The third kappa shape index (κ3) is 4.13. The Balaban J connectivity index is 1.53. The molecule has 3 saturated carbocycles. The van der Waals surface area contributed by atoms with Crippen LogP contribution in [0.3, 0.4) is 0 Å². The van der Waals surface area contributed by atoms with Crippen LogP contribution in [0.25, 0.3) is 0 Å². The van der Waals surface area contributed by atoms with Crippen molar-refractivity contribution in [1.82, 2.24) is 0 Å². The minimum absolute atomic E-state index is 0.217. The van der Waals surface area contributed by atoms with Crippen molar-refractivity contribution in [3.63, 3.8) is 0 Å². The van der Waals surface area contributed by atoms with E-state index in [2.05, 4.69) is 38.1 Å². The highest BCUT2D eigenvalue weighted by atomic mass is 35.5. The first-order valence-corrected chi connectivity index (χ1v) is 13.1. The lowest BCUT2D eigenvalue weighted by Crippen LogP contribution is -2.52. The Morgan fingerprint density at radius 3 is 2.58 bits per heavy atom. The topological polar surface area (TPSA) is 40.5 Å². The Hall–Kier alpha value is -0.490. The molecule has 3 unspecified atom stereocenters. The second-order valence-electron chi connectivity index (χ2n) is 12.7. The second-order valence-corrected chi connectivity index (χ2v) is 12.9. The number of hydrogen-bond acceptors (Lipinski definition) is 2. The van der Waals surface area contributed by atoms with E-state index in [9.17, 15) is 10.2 Å². The summed E-state index contributed by atoms with van der Waals surface area (Å²) >= 11 is 5.65. The average Bonchev–Trinajstić information content (AvgIpc) is 3.04. The van der Waals surface area contributed by atoms with Crippen molar-refractivity contribution < 1.29 is 10.2 Å². The van der Waals surface area contributed by atoms with Crippen LogP contribution in [0.4, 0.5) is 0 Å². The number of halogens is 1. The highest BCUT2D eigenvalue weighted by molar-refractivity contribution is 6.30. The summed E-state index contributed by atoms with van der Waals surface area (Å²) in [6, 6.07) is 0. The Kier molecular flexibility index (Phi) is 6.16. The minimum Gasteiger partial charge on any atom is -0.390 e. The first kappa shape index (κ1) is 23.7. The summed E-state index contributed by atoms with van der Waals surface area (Å²) in [6.45, 7) is 11.4. The first-order valence-electron chi connectivity index (χ1n) is 12.7. The maximum Gasteiger partial charge on any atom is 0.130 e. The standard InChI is InChI=1S/C28H43ClO2/c1-19(10-12-25(2,3)30)22-8-9-23-21-7-6-20-18-28(31,16-17-29)15-14-26(20,4)24(21)11-13-27(22,23)5/h6,19,21-24,30-31H,7-15,18H2,1-5H3/t19-,21?,22+,23?,24?,26-,27+,28+/m0/s1. The predicted octanol–water partition coefficient (Wildman–Crippen LogP) is 6.68. The molecule has 0 amide bonds. The molecule has 0 radical (unpaired) electrons. The molecule has 0 saturated heterocycles. The Morgan fingerprint density at radius 2 is 1.90 bits per heavy atom. The van der Waals surface area contributed by atoms with Crippen molar-refractivity contribution in [2.75, 3.05) is 0 Å². The smallest absolute Gasteiger partial charge is 0.130 e. The molecule has 0 aromatic rings. The lowest BCUT2D eigenvalue weighted by molar-refractivity contribution is -0.0650. The third-order valence-corrected chi connectivity index (χ3v) is 10.5. The number of allylic oxidation sites excluding steroid dienone is 1. The second kappa shape index (κ2) is 8.07. The van der Waals surface area contributed by atoms with Gasteiger partial charge in [-0.25, -0.2) is 0 Å². The van der Waals surface area contributed by atoms with Crippen LogP contribution in [0.15, 0.2) is 11.6 Å². The highest BCUT2D eigenvalue weighted by Crippen LogP contribution is 2.67. The molecule has 2 N–H and O–H groups in total. The monoisotopic (exact) mass is 446 g/mol. The zero-order chi connectivity index (χ0) is 22.7. The summed E-state index contributed by atoms with van der Waals surface area (Å²) in [4.78, 5) is 0. The maximum atomic E-state index is 10.9. The zero-order valence-electron chi connectivity index (χ0n) is 20.3. The predicted molar refractivity (Wildman–Crippen MR) is 128 cm³/mol. The van der Waals surface area contributed by atoms with Crippen molar-refractivity contribution in [2.24, 2.45) is 40.4 Å². The summed E-state index contributed by atoms with van der Waals surface area (Å²) in [5, 5.41) is 23.6. The van der Waals surface area contributed by atoms with Gasteiger partial charge in [0.1, 0.15) is 5.60 Å². The molecule has 2 nitrogen and oxygen atoms in total. The van der Waals surface area contributed by atoms with Gasteiger partial charge in [0.05, 0.1) is 5.60 Å². The van der Waals surface area contributed by atoms with Crippen LogP contribution in [-0.2, 0) is 0 Å². The largest absolute Gasteiger partial charge is 0.390 e. The third-order valence-electron chi connectivity index (χ3n) is 10.4. The Bertz CT molecular complexity index is 785. The van der Waals surface area contributed by atoms with Crippen LogP contribution in [0.1, 0.15) is 98.8 Å². The maximum absolute atomic E-state index is 10.9. The molecular weight excluding hydrogens is 404 g/mol. The SMILES string of the molecule is C[C@@H](CCC(C)(C)O)[C@H]1CCC2C3CC=C4C[C@](O)(C#CCl)CC[C@]4(C)C3CC[C@@]21C. The summed E-state index contributed by atoms with van der Waals surface area (Å²) in [7, 11) is 0. The van der Waals surface area contributed by atoms with Gasteiger partial charge in [-0.2, -0.15) is 0 Å². The number of aliphatic hydroxyl groups is 2. The van der Waals surface area contributed by atoms with E-state index in [-0.39, 0.29) is 5.41 Å². The molecule has 0 aromatic carbocycles. The van der Waals surface area contributed by atoms with Crippen molar-refractivity contribution in [1.29, 1.82) is 0 Å². The van der Waals surface area contributed by atoms with Gasteiger partial charge in [-0.15, -0.1) is 0 Å². The van der Waals surface area contributed by atoms with Crippen molar-refractivity contribution in [3.8, 4) is 11.3 Å². The quantitative estimate of drug-likeness (QED) is 0.373. The Morgan fingerprint density at radius 1 is 1.16 bits per heavy atom. The van der Waals surface area contributed by atoms with Gasteiger partial charge >= 0.3 is 0 Å². The normalized spacial score (nSPS) is 45.5. The van der Waals surface area contributed by atoms with Crippen LogP contribution in [0.5, 0.6) is 0 Å². The van der Waals surface area contributed by atoms with Gasteiger partial charge in [-0.1, -0.05) is 38.3 Å². The van der Waals surface area contributed by atoms with Gasteiger partial charge in [0.15, 0.2) is 0 Å². The van der Waals surface area contributed by atoms with E-state index in [0.29, 0.717) is 17.8 Å². The number of fused-ring (bicyclic) bond motifs is 5. The zero-order valence-corrected chi connectivity index (χ0v) is 21.1. The van der Waals surface area contributed by atoms with Crippen LogP contribution >= 0.6 is 11.6 Å². The summed E-state index contributed by atoms with van der Waals surface area (Å²) in [5.41, 5.74) is 0.618. The van der Waals surface area contributed by atoms with E-state index >= 15 is 0 Å². The van der Waals surface area contributed by atoms with Crippen molar-refractivity contribution in [2.45, 2.75) is 110 Å². The lowest BCUT2D eigenvalue weighted by atomic mass is 9.46. The average molecular weight is 447 g/mol. The molecule has 174 valence electrons. The van der Waals surface area contributed by atoms with Crippen LogP contribution < -0.4 is 0 Å². The molecule has 3 fully saturated rings. The molecule has 4 rings (SSSR count). The van der Waals surface area contributed by atoms with E-state index in [1.165, 1.54) is 37.7 Å². The molecule has 0 aliphatic heterocycles. The van der Waals surface area contributed by atoms with Crippen LogP contribution in [-0.4, -0.2) is 21.4 Å². The van der Waals surface area contributed by atoms with Crippen molar-refractivity contribution in [3.05, 3.63) is 11.6 Å². The molecular formula is C28H43ClO2. The van der Waals surface area contributed by atoms with E-state index in [1.807, 2.05) is 13.8 Å². The molecule has 0 bridgehead atoms. The van der Waals surface area contributed by atoms with Gasteiger partial charge < -0.3 is 10.2 Å². The van der Waals surface area contributed by atoms with Gasteiger partial charge in [0.25, 0.3) is 0 Å². The van der Waals surface area contributed by atoms with Gasteiger partial charge in [0.2, 0.25) is 0 Å². The number of rotatable bonds is 4. The molecule has 0 heterocycles. The van der Waals surface area contributed by atoms with Gasteiger partial charge in [0, 0.05) is 11.8 Å². The molecule has 31 heavy (non-hydrogen) atoms. The van der Waals surface area contributed by atoms with Gasteiger partial charge in [-0.3, -0.25) is 0 Å². The molecule has 0 aromatic heterocycles. The molecule has 0 spiro atoms. The minimum atomic E-state index is -0.933. The summed E-state index contributed by atoms with van der Waals surface area (Å²) in [6.07, 6.45) is 13.5. The lowest BCUT2D eigenvalue weighted by Gasteiger charge is -2.59. The molecule has 3 heteroatoms. The van der Waals surface area contributed by atoms with E-state index in [0.717, 1.165) is 49.4 Å². The molecule has 4 aliphatic rings. The fraction of sp³-hybridized carbons (Fsp3) is 0.857. The number of hydrogen-bond donors (Lipinski definition) is 2. The van der Waals surface area contributed by atoms with Crippen molar-refractivity contribution >= 4 is 11.6 Å². The fourth-order valence-electron chi connectivity index (χ4n) is 8.60. The summed E-state index contributed by atoms with van der Waals surface area (Å²) in [5.74, 6) is 6.69. The van der Waals surface area contributed by atoms with E-state index in [1.54, 1.807) is 0 Å². The van der Waals surface area contributed by atoms with Gasteiger partial charge in [-0.05, 0) is 124 Å². The summed E-state index contributed by atoms with van der Waals surface area (Å²) < 4.78 is 0. The highest BCUT2D eigenvalue weighted by Gasteiger charge is 2.59. The van der Waals surface area contributed by atoms with Crippen LogP contribution in [0, 0.1) is 51.7 Å². The molecule has 4 aliphatic carbocycles. The first-order chi connectivity index (χ1) is 14.4.